The van der Waals surface area contributed by atoms with E-state index >= 15 is 0 Å². The van der Waals surface area contributed by atoms with Crippen LogP contribution in [0.4, 0.5) is 0 Å². The highest BCUT2D eigenvalue weighted by atomic mass is 28.4. The topological polar surface area (TPSA) is 29.5 Å². The zero-order chi connectivity index (χ0) is 12.3. The second-order valence-electron chi connectivity index (χ2n) is 5.73. The van der Waals surface area contributed by atoms with E-state index in [1.807, 2.05) is 6.92 Å². The summed E-state index contributed by atoms with van der Waals surface area (Å²) in [6.07, 6.45) is 1.84. The van der Waals surface area contributed by atoms with Crippen molar-refractivity contribution in [3.63, 3.8) is 0 Å². The maximum absolute atomic E-state index is 9.45. The van der Waals surface area contributed by atoms with Crippen molar-refractivity contribution in [2.45, 2.75) is 64.5 Å². The van der Waals surface area contributed by atoms with E-state index in [1.54, 1.807) is 6.08 Å². The summed E-state index contributed by atoms with van der Waals surface area (Å²) >= 11 is 0. The highest BCUT2D eigenvalue weighted by Gasteiger charge is 2.38. The summed E-state index contributed by atoms with van der Waals surface area (Å²) in [5.74, 6) is 0. The van der Waals surface area contributed by atoms with Gasteiger partial charge in [-0.15, -0.1) is 6.58 Å². The Balaban J connectivity index is 4.28. The molecule has 0 fully saturated rings. The van der Waals surface area contributed by atoms with Gasteiger partial charge in [0.15, 0.2) is 8.32 Å². The minimum Gasteiger partial charge on any atom is -0.414 e. The SMILES string of the molecule is C=C[C@H](O)C[C@@H](C)O[Si](C)(C)C(C)(C)C. The van der Waals surface area contributed by atoms with Gasteiger partial charge in [0.05, 0.1) is 6.10 Å². The molecule has 0 radical (unpaired) electrons. The highest BCUT2D eigenvalue weighted by Crippen LogP contribution is 2.37. The smallest absolute Gasteiger partial charge is 0.192 e. The summed E-state index contributed by atoms with van der Waals surface area (Å²) in [5.41, 5.74) is 0. The van der Waals surface area contributed by atoms with E-state index in [0.29, 0.717) is 6.42 Å². The molecule has 15 heavy (non-hydrogen) atoms. The maximum Gasteiger partial charge on any atom is 0.192 e. The van der Waals surface area contributed by atoms with Crippen LogP contribution in [0.2, 0.25) is 18.1 Å². The van der Waals surface area contributed by atoms with Crippen LogP contribution >= 0.6 is 0 Å². The van der Waals surface area contributed by atoms with Crippen molar-refractivity contribution >= 4 is 8.32 Å². The first kappa shape index (κ1) is 14.9. The highest BCUT2D eigenvalue weighted by molar-refractivity contribution is 6.74. The zero-order valence-electron chi connectivity index (χ0n) is 11.0. The first-order valence-electron chi connectivity index (χ1n) is 5.58. The first-order valence-corrected chi connectivity index (χ1v) is 8.49. The van der Waals surface area contributed by atoms with Crippen LogP contribution in [-0.4, -0.2) is 25.6 Å². The van der Waals surface area contributed by atoms with E-state index in [9.17, 15) is 5.11 Å². The van der Waals surface area contributed by atoms with Crippen molar-refractivity contribution < 1.29 is 9.53 Å². The first-order chi connectivity index (χ1) is 6.60. The standard InChI is InChI=1S/C12H26O2Si/c1-8-11(13)9-10(2)14-15(6,7)12(3,4)5/h8,10-11,13H,1,9H2,2-7H3/t10-,11+/m1/s1. The normalized spacial score (nSPS) is 17.3. The lowest BCUT2D eigenvalue weighted by Gasteiger charge is -2.38. The van der Waals surface area contributed by atoms with Crippen LogP contribution in [0.15, 0.2) is 12.7 Å². The molecule has 0 unspecified atom stereocenters. The lowest BCUT2D eigenvalue weighted by Crippen LogP contribution is -2.43. The van der Waals surface area contributed by atoms with Crippen molar-refractivity contribution in [1.82, 2.24) is 0 Å². The van der Waals surface area contributed by atoms with Crippen LogP contribution in [-0.2, 0) is 4.43 Å². The van der Waals surface area contributed by atoms with Gasteiger partial charge in [0.1, 0.15) is 0 Å². The van der Waals surface area contributed by atoms with E-state index in [-0.39, 0.29) is 11.1 Å². The van der Waals surface area contributed by atoms with Crippen LogP contribution in [0, 0.1) is 0 Å². The molecular weight excluding hydrogens is 204 g/mol. The average Bonchev–Trinajstić information content (AvgIpc) is 2.00. The zero-order valence-corrected chi connectivity index (χ0v) is 12.0. The fourth-order valence-corrected chi connectivity index (χ4v) is 2.62. The van der Waals surface area contributed by atoms with Gasteiger partial charge in [-0.05, 0) is 25.1 Å². The molecule has 0 heterocycles. The minimum atomic E-state index is -1.69. The van der Waals surface area contributed by atoms with Gasteiger partial charge in [0.2, 0.25) is 0 Å². The van der Waals surface area contributed by atoms with Gasteiger partial charge in [-0.1, -0.05) is 26.8 Å². The predicted molar refractivity (Wildman–Crippen MR) is 68.6 cm³/mol. The van der Waals surface area contributed by atoms with Gasteiger partial charge in [-0.25, -0.2) is 0 Å². The lowest BCUT2D eigenvalue weighted by atomic mass is 10.2. The summed E-state index contributed by atoms with van der Waals surface area (Å²) in [5, 5.41) is 9.67. The molecule has 0 aliphatic heterocycles. The Hall–Kier alpha value is -0.123. The third-order valence-electron chi connectivity index (χ3n) is 3.15. The third kappa shape index (κ3) is 4.95. The second kappa shape index (κ2) is 5.28. The van der Waals surface area contributed by atoms with Crippen molar-refractivity contribution in [2.24, 2.45) is 0 Å². The van der Waals surface area contributed by atoms with E-state index in [1.165, 1.54) is 0 Å². The minimum absolute atomic E-state index is 0.0962. The van der Waals surface area contributed by atoms with Crippen LogP contribution in [0.3, 0.4) is 0 Å². The van der Waals surface area contributed by atoms with Gasteiger partial charge in [-0.2, -0.15) is 0 Å². The summed E-state index contributed by atoms with van der Waals surface area (Å²) in [7, 11) is -1.69. The monoisotopic (exact) mass is 230 g/mol. The lowest BCUT2D eigenvalue weighted by molar-refractivity contribution is 0.122. The Labute approximate surface area is 95.5 Å². The van der Waals surface area contributed by atoms with Crippen molar-refractivity contribution in [1.29, 1.82) is 0 Å². The van der Waals surface area contributed by atoms with Crippen LogP contribution in [0.25, 0.3) is 0 Å². The third-order valence-corrected chi connectivity index (χ3v) is 7.75. The second-order valence-corrected chi connectivity index (χ2v) is 10.5. The van der Waals surface area contributed by atoms with Crippen molar-refractivity contribution in [2.75, 3.05) is 0 Å². The van der Waals surface area contributed by atoms with E-state index in [2.05, 4.69) is 40.4 Å². The average molecular weight is 230 g/mol. The number of hydrogen-bond acceptors (Lipinski definition) is 2. The molecule has 0 rings (SSSR count). The van der Waals surface area contributed by atoms with Crippen LogP contribution in [0.5, 0.6) is 0 Å². The predicted octanol–water partition coefficient (Wildman–Crippen LogP) is 3.33. The van der Waals surface area contributed by atoms with E-state index < -0.39 is 14.4 Å². The molecule has 2 nitrogen and oxygen atoms in total. The summed E-state index contributed by atoms with van der Waals surface area (Å²) in [6, 6.07) is 0. The van der Waals surface area contributed by atoms with Crippen molar-refractivity contribution in [3.8, 4) is 0 Å². The van der Waals surface area contributed by atoms with Crippen molar-refractivity contribution in [3.05, 3.63) is 12.7 Å². The molecular formula is C12H26O2Si. The molecule has 0 amide bonds. The summed E-state index contributed by atoms with van der Waals surface area (Å²) < 4.78 is 6.11. The summed E-state index contributed by atoms with van der Waals surface area (Å²) in [6.45, 7) is 16.7. The van der Waals surface area contributed by atoms with E-state index in [0.717, 1.165) is 0 Å². The van der Waals surface area contributed by atoms with Gasteiger partial charge < -0.3 is 9.53 Å². The molecule has 3 heteroatoms. The summed E-state index contributed by atoms with van der Waals surface area (Å²) in [4.78, 5) is 0. The maximum atomic E-state index is 9.45. The molecule has 0 aromatic rings. The van der Waals surface area contributed by atoms with Crippen LogP contribution < -0.4 is 0 Å². The molecule has 0 saturated heterocycles. The van der Waals surface area contributed by atoms with E-state index in [4.69, 9.17) is 4.43 Å². The fourth-order valence-electron chi connectivity index (χ4n) is 1.16. The van der Waals surface area contributed by atoms with Gasteiger partial charge in [-0.3, -0.25) is 0 Å². The van der Waals surface area contributed by atoms with Crippen LogP contribution in [0.1, 0.15) is 34.1 Å². The fraction of sp³-hybridized carbons (Fsp3) is 0.833. The Morgan fingerprint density at radius 1 is 1.40 bits per heavy atom. The molecule has 0 spiro atoms. The molecule has 1 N–H and O–H groups in total. The Bertz CT molecular complexity index is 206. The molecule has 0 aliphatic carbocycles. The van der Waals surface area contributed by atoms with Gasteiger partial charge >= 0.3 is 0 Å². The molecule has 0 saturated carbocycles. The number of rotatable bonds is 5. The number of aliphatic hydroxyl groups is 1. The Morgan fingerprint density at radius 2 is 1.87 bits per heavy atom. The number of hydrogen-bond donors (Lipinski definition) is 1. The van der Waals surface area contributed by atoms with Gasteiger partial charge in [0, 0.05) is 12.5 Å². The molecule has 2 atom stereocenters. The molecule has 0 aromatic carbocycles. The number of aliphatic hydroxyl groups excluding tert-OH is 1. The molecule has 0 aliphatic rings. The Kier molecular flexibility index (Phi) is 5.24. The molecule has 0 aromatic heterocycles. The largest absolute Gasteiger partial charge is 0.414 e. The quantitative estimate of drug-likeness (QED) is 0.580. The Morgan fingerprint density at radius 3 is 2.20 bits per heavy atom. The molecule has 0 bridgehead atoms. The molecule has 90 valence electrons. The van der Waals surface area contributed by atoms with Gasteiger partial charge in [0.25, 0.3) is 0 Å².